The van der Waals surface area contributed by atoms with Crippen LogP contribution in [-0.2, 0) is 46.0 Å². The van der Waals surface area contributed by atoms with Crippen LogP contribution in [0, 0.1) is 0 Å². The van der Waals surface area contributed by atoms with Gasteiger partial charge in [0.2, 0.25) is 11.8 Å². The molecule has 84 heavy (non-hydrogen) atoms. The van der Waals surface area contributed by atoms with Crippen LogP contribution in [0.1, 0.15) is 60.7 Å². The molecule has 6 aromatic rings. The van der Waals surface area contributed by atoms with Crippen LogP contribution in [0.3, 0.4) is 0 Å². The third kappa shape index (κ3) is 16.3. The first-order chi connectivity index (χ1) is 40.0. The normalized spacial score (nSPS) is 14.5. The second kappa shape index (κ2) is 29.4. The van der Waals surface area contributed by atoms with Crippen molar-refractivity contribution in [2.45, 2.75) is 38.8 Å². The summed E-state index contributed by atoms with van der Waals surface area (Å²) < 4.78 is 55.1. The molecule has 0 radical (unpaired) electrons. The molecule has 0 spiro atoms. The van der Waals surface area contributed by atoms with Crippen molar-refractivity contribution < 1.29 is 95.4 Å². The number of aromatic nitrogens is 4. The maximum absolute atomic E-state index is 13.4. The van der Waals surface area contributed by atoms with Crippen LogP contribution in [0.2, 0.25) is 0 Å². The minimum atomic E-state index is -5.10. The van der Waals surface area contributed by atoms with E-state index in [1.165, 1.54) is 72.2 Å². The van der Waals surface area contributed by atoms with Crippen LogP contribution in [-0.4, -0.2) is 188 Å². The number of methoxy groups -OCH3 is 4. The first-order valence-corrected chi connectivity index (χ1v) is 28.6. The molecule has 32 heteroatoms. The number of hydrogen-bond acceptors (Lipinski definition) is 21. The van der Waals surface area contributed by atoms with Crippen molar-refractivity contribution in [3.05, 3.63) is 108 Å². The fraction of sp³-hybridized carbons (Fsp3) is 0.365. The van der Waals surface area contributed by atoms with E-state index >= 15 is 0 Å². The van der Waals surface area contributed by atoms with Crippen molar-refractivity contribution in [1.82, 2.24) is 38.7 Å². The number of Topliss-reactive ketones (excluding diaryl/α,β-unsaturated/α-hetero) is 2. The largest absolute Gasteiger partial charge is 0.756 e. The number of ether oxygens (including phenoxy) is 4. The molecule has 0 saturated carbocycles. The van der Waals surface area contributed by atoms with Crippen molar-refractivity contribution in [2.75, 3.05) is 87.3 Å². The lowest BCUT2D eigenvalue weighted by molar-refractivity contribution is -0.307. The van der Waals surface area contributed by atoms with E-state index in [4.69, 9.17) is 45.1 Å². The zero-order valence-electron chi connectivity index (χ0n) is 46.0. The van der Waals surface area contributed by atoms with E-state index in [1.54, 1.807) is 58.3 Å². The third-order valence-corrected chi connectivity index (χ3v) is 14.0. The van der Waals surface area contributed by atoms with Gasteiger partial charge < -0.3 is 88.6 Å². The molecular formula is C52H62N10O20P2-2. The minimum absolute atomic E-state index is 0.0117. The molecule has 2 atom stereocenters. The zero-order valence-corrected chi connectivity index (χ0v) is 47.8. The summed E-state index contributed by atoms with van der Waals surface area (Å²) >= 11 is 0. The fourth-order valence-electron chi connectivity index (χ4n) is 8.88. The van der Waals surface area contributed by atoms with Crippen LogP contribution in [0.15, 0.2) is 85.5 Å². The highest BCUT2D eigenvalue weighted by Crippen LogP contribution is 2.41. The molecule has 0 aliphatic carbocycles. The van der Waals surface area contributed by atoms with Gasteiger partial charge in [-0.3, -0.25) is 42.4 Å². The number of piperazine rings is 2. The lowest BCUT2D eigenvalue weighted by Gasteiger charge is -2.34. The second-order valence-corrected chi connectivity index (χ2v) is 20.8. The van der Waals surface area contributed by atoms with E-state index < -0.39 is 64.5 Å². The molecule has 2 aromatic carbocycles. The van der Waals surface area contributed by atoms with Crippen LogP contribution < -0.4 is 40.4 Å². The van der Waals surface area contributed by atoms with Gasteiger partial charge in [0.05, 0.1) is 68.7 Å². The van der Waals surface area contributed by atoms with Gasteiger partial charge in [0.15, 0.2) is 0 Å². The molecule has 2 fully saturated rings. The van der Waals surface area contributed by atoms with Crippen molar-refractivity contribution in [2.24, 2.45) is 11.5 Å². The Labute approximate surface area is 479 Å². The highest BCUT2D eigenvalue weighted by molar-refractivity contribution is 7.46. The molecule has 7 N–H and O–H groups in total. The number of carboxylic acids is 1. The van der Waals surface area contributed by atoms with Crippen LogP contribution in [0.4, 0.5) is 0 Å². The number of rotatable bonds is 21. The number of nitrogens with two attached hydrogens (primary N) is 2. The van der Waals surface area contributed by atoms with Crippen LogP contribution in [0.5, 0.6) is 23.3 Å². The molecule has 2 saturated heterocycles. The molecule has 2 aliphatic heterocycles. The molecule has 452 valence electrons. The minimum Gasteiger partial charge on any atom is -0.756 e. The van der Waals surface area contributed by atoms with E-state index in [-0.39, 0.29) is 120 Å². The number of phosphoric acid groups is 2. The topological polar surface area (TPSA) is 416 Å². The Morgan fingerprint density at radius 3 is 1.31 bits per heavy atom. The number of carbonyl (C=O) groups excluding carboxylic acids is 7. The number of hydrogen-bond donors (Lipinski definition) is 5. The number of carboxylic acid groups (broad SMARTS) is 1. The summed E-state index contributed by atoms with van der Waals surface area (Å²) in [5.41, 5.74) is 11.5. The lowest BCUT2D eigenvalue weighted by atomic mass is 10.1. The highest BCUT2D eigenvalue weighted by atomic mass is 31.2. The average molecular weight is 1210 g/mol. The second-order valence-electron chi connectivity index (χ2n) is 18.4. The van der Waals surface area contributed by atoms with Crippen LogP contribution >= 0.6 is 15.6 Å². The van der Waals surface area contributed by atoms with Crippen molar-refractivity contribution in [1.29, 1.82) is 0 Å². The molecular weight excluding hydrogens is 1150 g/mol. The van der Waals surface area contributed by atoms with Crippen LogP contribution in [0.25, 0.3) is 21.8 Å². The smallest absolute Gasteiger partial charge is 0.471 e. The molecule has 4 amide bonds. The van der Waals surface area contributed by atoms with E-state index in [9.17, 15) is 52.7 Å². The number of fused-ring (bicyclic) bond motifs is 2. The SMILES string of the molecule is COc1cnc(OC)c2c1c(C(=O)C(=O)N1CCN(C(=O)c3ccccc3)CC1)cn2COP(=O)(O)O.COc1cnc(OC)c2c1c(C(=O)C(=O)N1CCN(C(=O)c3ccccc3)CC1)cn2COP(=O)([O-])O.NCCCCC(N)C(=O)[O-]. The van der Waals surface area contributed by atoms with Gasteiger partial charge in [0, 0.05) is 81.9 Å². The maximum Gasteiger partial charge on any atom is 0.471 e. The average Bonchev–Trinajstić information content (AvgIpc) is 1.99. The van der Waals surface area contributed by atoms with Gasteiger partial charge in [-0.2, -0.15) is 0 Å². The van der Waals surface area contributed by atoms with Crippen molar-refractivity contribution in [3.63, 3.8) is 0 Å². The molecule has 8 rings (SSSR count). The van der Waals surface area contributed by atoms with E-state index in [1.807, 2.05) is 12.1 Å². The van der Waals surface area contributed by atoms with Crippen molar-refractivity contribution in [3.8, 4) is 23.3 Å². The summed E-state index contributed by atoms with van der Waals surface area (Å²) in [6, 6.07) is 16.7. The molecule has 30 nitrogen and oxygen atoms in total. The number of carbonyl (C=O) groups is 7. The van der Waals surface area contributed by atoms with Gasteiger partial charge in [-0.05, 0) is 43.7 Å². The standard InChI is InChI=1S/2C23H25N4O9P.C6H14N2O2/c2*1-34-17-12-24-21(35-2)19-18(17)16(13-27(19)14-36-37(31,32)33)20(28)23(30)26-10-8-25(9-11-26)22(29)15-6-4-3-5-7-15;7-4-2-1-3-5(8)6(9)10/h2*3-7,12-13H,8-11,14H2,1-2H3,(H2,31,32,33);5H,1-4,7-8H2,(H,9,10)/p-2. The Bertz CT molecular complexity index is 3220. The first-order valence-electron chi connectivity index (χ1n) is 25.6. The summed E-state index contributed by atoms with van der Waals surface area (Å²) in [5, 5.41) is 10.4. The Morgan fingerprint density at radius 2 is 0.976 bits per heavy atom. The quantitative estimate of drug-likeness (QED) is 0.0277. The molecule has 0 bridgehead atoms. The predicted octanol–water partition coefficient (Wildman–Crippen LogP) is 0.136. The predicted molar refractivity (Wildman–Crippen MR) is 292 cm³/mol. The number of nitrogens with zero attached hydrogens (tertiary/aromatic N) is 8. The summed E-state index contributed by atoms with van der Waals surface area (Å²) in [4.78, 5) is 141. The molecule has 4 aromatic heterocycles. The number of amides is 4. The monoisotopic (exact) mass is 1210 g/mol. The fourth-order valence-corrected chi connectivity index (χ4v) is 9.43. The Hall–Kier alpha value is -8.15. The Kier molecular flexibility index (Phi) is 22.7. The molecule has 6 heterocycles. The maximum atomic E-state index is 13.4. The Balaban J connectivity index is 0.000000232. The number of unbranched alkanes of at least 4 members (excludes halogenated alkanes) is 1. The first kappa shape index (κ1) is 65.0. The summed E-state index contributed by atoms with van der Waals surface area (Å²) in [6.45, 7) is 0.854. The lowest BCUT2D eigenvalue weighted by Crippen LogP contribution is -2.52. The third-order valence-electron chi connectivity index (χ3n) is 13.1. The molecule has 2 unspecified atom stereocenters. The van der Waals surface area contributed by atoms with Gasteiger partial charge in [0.25, 0.3) is 43.0 Å². The van der Waals surface area contributed by atoms with Gasteiger partial charge in [-0.25, -0.2) is 14.5 Å². The number of aliphatic carboxylic acids is 1. The number of benzene rings is 2. The van der Waals surface area contributed by atoms with Gasteiger partial charge in [-0.1, -0.05) is 42.8 Å². The van der Waals surface area contributed by atoms with E-state index in [2.05, 4.69) is 19.0 Å². The zero-order chi connectivity index (χ0) is 61.5. The Morgan fingerprint density at radius 1 is 0.595 bits per heavy atom. The van der Waals surface area contributed by atoms with E-state index in [0.29, 0.717) is 24.1 Å². The molecule has 2 aliphatic rings. The summed E-state index contributed by atoms with van der Waals surface area (Å²) in [6.07, 6.45) is 7.09. The van der Waals surface area contributed by atoms with Crippen molar-refractivity contribution >= 4 is 78.6 Å². The highest BCUT2D eigenvalue weighted by Gasteiger charge is 2.35. The number of pyridine rings is 2. The van der Waals surface area contributed by atoms with E-state index in [0.717, 1.165) is 12.8 Å². The van der Waals surface area contributed by atoms with Gasteiger partial charge in [-0.15, -0.1) is 0 Å². The number of ketones is 2. The van der Waals surface area contributed by atoms with Gasteiger partial charge in [0.1, 0.15) is 36.0 Å². The summed E-state index contributed by atoms with van der Waals surface area (Å²) in [7, 11) is -4.60. The summed E-state index contributed by atoms with van der Waals surface area (Å²) in [5.74, 6) is -4.51. The van der Waals surface area contributed by atoms with Gasteiger partial charge >= 0.3 is 7.82 Å². The number of phosphoric ester groups is 2.